The number of hydrogen-bond donors (Lipinski definition) is 1. The van der Waals surface area contributed by atoms with Crippen molar-refractivity contribution in [1.29, 1.82) is 0 Å². The van der Waals surface area contributed by atoms with Crippen LogP contribution in [0.25, 0.3) is 5.65 Å². The molecule has 0 saturated carbocycles. The van der Waals surface area contributed by atoms with E-state index in [4.69, 9.17) is 9.47 Å². The molecule has 0 atom stereocenters. The fourth-order valence-electron chi connectivity index (χ4n) is 3.96. The second-order valence-electron chi connectivity index (χ2n) is 8.24. The molecule has 0 radical (unpaired) electrons. The molecule has 1 aliphatic heterocycles. The first-order valence-electron chi connectivity index (χ1n) is 11.2. The quantitative estimate of drug-likeness (QED) is 0.461. The Morgan fingerprint density at radius 2 is 1.97 bits per heavy atom. The molecule has 8 heteroatoms. The molecule has 3 heterocycles. The molecule has 5 rings (SSSR count). The van der Waals surface area contributed by atoms with E-state index in [-0.39, 0.29) is 18.3 Å². The standard InChI is InChI=1S/C26H25FN4O3/c1-18-5-8-25-28-21(16-31(25)15-18)17-34-22-4-2-3-19(13-22)26(32)29-20-6-7-24(23(27)14-20)30-9-11-33-12-10-30/h2-8,13-16H,9-12,17H2,1H3,(H,29,32). The Morgan fingerprint density at radius 3 is 2.79 bits per heavy atom. The molecular formula is C26H25FN4O3. The van der Waals surface area contributed by atoms with Crippen molar-refractivity contribution >= 4 is 22.9 Å². The van der Waals surface area contributed by atoms with Crippen LogP contribution in [0, 0.1) is 12.7 Å². The molecule has 7 nitrogen and oxygen atoms in total. The Bertz CT molecular complexity index is 1330. The second-order valence-corrected chi connectivity index (χ2v) is 8.24. The van der Waals surface area contributed by atoms with Crippen molar-refractivity contribution in [2.24, 2.45) is 0 Å². The van der Waals surface area contributed by atoms with Gasteiger partial charge in [0, 0.05) is 36.7 Å². The number of fused-ring (bicyclic) bond motifs is 1. The summed E-state index contributed by atoms with van der Waals surface area (Å²) < 4.78 is 27.8. The zero-order chi connectivity index (χ0) is 23.5. The number of benzene rings is 2. The third-order valence-corrected chi connectivity index (χ3v) is 5.69. The van der Waals surface area contributed by atoms with Crippen LogP contribution in [-0.2, 0) is 11.3 Å². The number of anilines is 2. The summed E-state index contributed by atoms with van der Waals surface area (Å²) in [4.78, 5) is 19.2. The van der Waals surface area contributed by atoms with Crippen molar-refractivity contribution in [2.75, 3.05) is 36.5 Å². The van der Waals surface area contributed by atoms with Crippen molar-refractivity contribution in [2.45, 2.75) is 13.5 Å². The van der Waals surface area contributed by atoms with Gasteiger partial charge >= 0.3 is 0 Å². The third-order valence-electron chi connectivity index (χ3n) is 5.69. The Kier molecular flexibility index (Phi) is 6.14. The number of aryl methyl sites for hydroxylation is 1. The fourth-order valence-corrected chi connectivity index (χ4v) is 3.96. The molecule has 4 aromatic rings. The van der Waals surface area contributed by atoms with Crippen molar-refractivity contribution in [3.63, 3.8) is 0 Å². The zero-order valence-corrected chi connectivity index (χ0v) is 18.8. The van der Waals surface area contributed by atoms with Gasteiger partial charge in [-0.3, -0.25) is 4.79 Å². The van der Waals surface area contributed by atoms with Gasteiger partial charge in [0.25, 0.3) is 5.91 Å². The summed E-state index contributed by atoms with van der Waals surface area (Å²) in [6.07, 6.45) is 3.93. The Morgan fingerprint density at radius 1 is 1.12 bits per heavy atom. The number of morpholine rings is 1. The molecule has 1 amide bonds. The summed E-state index contributed by atoms with van der Waals surface area (Å²) in [5.41, 5.74) is 4.11. The van der Waals surface area contributed by atoms with Crippen LogP contribution in [0.1, 0.15) is 21.6 Å². The molecular weight excluding hydrogens is 435 g/mol. The second kappa shape index (κ2) is 9.52. The van der Waals surface area contributed by atoms with Crippen LogP contribution < -0.4 is 15.0 Å². The number of halogens is 1. The molecule has 0 unspecified atom stereocenters. The van der Waals surface area contributed by atoms with Crippen molar-refractivity contribution in [3.8, 4) is 5.75 Å². The highest BCUT2D eigenvalue weighted by molar-refractivity contribution is 6.04. The van der Waals surface area contributed by atoms with Crippen LogP contribution in [0.15, 0.2) is 67.0 Å². The fraction of sp³-hybridized carbons (Fsp3) is 0.231. The SMILES string of the molecule is Cc1ccc2nc(COc3cccc(C(=O)Nc4ccc(N5CCOCC5)c(F)c4)c3)cn2c1. The van der Waals surface area contributed by atoms with Crippen molar-refractivity contribution in [3.05, 3.63) is 89.6 Å². The molecule has 2 aromatic carbocycles. The highest BCUT2D eigenvalue weighted by Gasteiger charge is 2.16. The Labute approximate surface area is 196 Å². The van der Waals surface area contributed by atoms with E-state index in [0.717, 1.165) is 16.9 Å². The number of nitrogens with one attached hydrogen (secondary N) is 1. The minimum atomic E-state index is -0.376. The van der Waals surface area contributed by atoms with Crippen molar-refractivity contribution < 1.29 is 18.7 Å². The monoisotopic (exact) mass is 460 g/mol. The minimum Gasteiger partial charge on any atom is -0.487 e. The predicted octanol–water partition coefficient (Wildman–Crippen LogP) is 4.45. The van der Waals surface area contributed by atoms with Crippen molar-refractivity contribution in [1.82, 2.24) is 9.38 Å². The maximum Gasteiger partial charge on any atom is 0.255 e. The number of nitrogens with zero attached hydrogens (tertiary/aromatic N) is 3. The van der Waals surface area contributed by atoms with Gasteiger partial charge in [-0.25, -0.2) is 9.37 Å². The molecule has 1 saturated heterocycles. The first-order valence-corrected chi connectivity index (χ1v) is 11.2. The average molecular weight is 461 g/mol. The van der Waals surface area contributed by atoms with Gasteiger partial charge in [-0.05, 0) is 55.0 Å². The van der Waals surface area contributed by atoms with Gasteiger partial charge in [-0.15, -0.1) is 0 Å². The van der Waals surface area contributed by atoms with Gasteiger partial charge in [0.2, 0.25) is 0 Å². The van der Waals surface area contributed by atoms with E-state index >= 15 is 0 Å². The maximum absolute atomic E-state index is 14.7. The Hall–Kier alpha value is -3.91. The zero-order valence-electron chi connectivity index (χ0n) is 18.8. The highest BCUT2D eigenvalue weighted by atomic mass is 19.1. The molecule has 0 spiro atoms. The lowest BCUT2D eigenvalue weighted by Crippen LogP contribution is -2.36. The van der Waals surface area contributed by atoms with E-state index < -0.39 is 0 Å². The van der Waals surface area contributed by atoms with E-state index in [9.17, 15) is 9.18 Å². The molecule has 1 aliphatic rings. The van der Waals surface area contributed by atoms with Gasteiger partial charge < -0.3 is 24.1 Å². The summed E-state index contributed by atoms with van der Waals surface area (Å²) in [6.45, 7) is 4.74. The normalized spacial score (nSPS) is 13.8. The van der Waals surface area contributed by atoms with Crippen LogP contribution in [0.5, 0.6) is 5.75 Å². The molecule has 0 aliphatic carbocycles. The number of pyridine rings is 1. The summed E-state index contributed by atoms with van der Waals surface area (Å²) in [6, 6.07) is 15.6. The summed E-state index contributed by atoms with van der Waals surface area (Å²) in [7, 11) is 0. The number of imidazole rings is 1. The first kappa shape index (κ1) is 21.9. The van der Waals surface area contributed by atoms with Gasteiger partial charge in [0.15, 0.2) is 0 Å². The lowest BCUT2D eigenvalue weighted by molar-refractivity contribution is 0.102. The number of aromatic nitrogens is 2. The number of amides is 1. The predicted molar refractivity (Wildman–Crippen MR) is 128 cm³/mol. The van der Waals surface area contributed by atoms with E-state index in [1.54, 1.807) is 36.4 Å². The first-order chi connectivity index (χ1) is 16.5. The summed E-state index contributed by atoms with van der Waals surface area (Å²) in [5, 5.41) is 2.76. The Balaban J connectivity index is 1.23. The number of rotatable bonds is 6. The van der Waals surface area contributed by atoms with Crippen LogP contribution >= 0.6 is 0 Å². The van der Waals surface area contributed by atoms with Gasteiger partial charge in [-0.2, -0.15) is 0 Å². The number of hydrogen-bond acceptors (Lipinski definition) is 5. The van der Waals surface area contributed by atoms with E-state index in [2.05, 4.69) is 10.3 Å². The highest BCUT2D eigenvalue weighted by Crippen LogP contribution is 2.24. The van der Waals surface area contributed by atoms with Crippen LogP contribution in [-0.4, -0.2) is 41.6 Å². The number of ether oxygens (including phenoxy) is 2. The van der Waals surface area contributed by atoms with E-state index in [0.29, 0.717) is 49.0 Å². The molecule has 174 valence electrons. The third kappa shape index (κ3) is 4.87. The number of carbonyl (C=O) groups excluding carboxylic acids is 1. The smallest absolute Gasteiger partial charge is 0.255 e. The van der Waals surface area contributed by atoms with E-state index in [1.807, 2.05) is 40.8 Å². The van der Waals surface area contributed by atoms with Gasteiger partial charge in [0.05, 0.1) is 24.6 Å². The molecule has 2 aromatic heterocycles. The maximum atomic E-state index is 14.7. The van der Waals surface area contributed by atoms with Gasteiger partial charge in [-0.1, -0.05) is 12.1 Å². The minimum absolute atomic E-state index is 0.278. The summed E-state index contributed by atoms with van der Waals surface area (Å²) >= 11 is 0. The van der Waals surface area contributed by atoms with Crippen LogP contribution in [0.4, 0.5) is 15.8 Å². The van der Waals surface area contributed by atoms with Crippen LogP contribution in [0.3, 0.4) is 0 Å². The summed E-state index contributed by atoms with van der Waals surface area (Å²) in [5.74, 6) is -0.165. The molecule has 34 heavy (non-hydrogen) atoms. The lowest BCUT2D eigenvalue weighted by Gasteiger charge is -2.29. The van der Waals surface area contributed by atoms with Crippen LogP contribution in [0.2, 0.25) is 0 Å². The van der Waals surface area contributed by atoms with E-state index in [1.165, 1.54) is 6.07 Å². The van der Waals surface area contributed by atoms with Gasteiger partial charge in [0.1, 0.15) is 23.8 Å². The topological polar surface area (TPSA) is 68.1 Å². The average Bonchev–Trinajstić information content (AvgIpc) is 3.25. The molecule has 0 bridgehead atoms. The largest absolute Gasteiger partial charge is 0.487 e. The molecule has 1 fully saturated rings. The number of carbonyl (C=O) groups is 1. The lowest BCUT2D eigenvalue weighted by atomic mass is 10.2. The molecule has 1 N–H and O–H groups in total.